The molecule has 2 heterocycles. The largest absolute Gasteiger partial charge is 0.508 e. The summed E-state index contributed by atoms with van der Waals surface area (Å²) >= 11 is 6.28. The summed E-state index contributed by atoms with van der Waals surface area (Å²) in [5.74, 6) is 0.391. The molecule has 1 unspecified atom stereocenters. The van der Waals surface area contributed by atoms with E-state index >= 15 is 0 Å². The number of nitrogens with one attached hydrogen (secondary N) is 1. The zero-order valence-electron chi connectivity index (χ0n) is 14.3. The first-order valence-electron chi connectivity index (χ1n) is 8.23. The number of aromatic nitrogens is 3. The Morgan fingerprint density at radius 1 is 1.26 bits per heavy atom. The highest BCUT2D eigenvalue weighted by Crippen LogP contribution is 2.37. The minimum atomic E-state index is -0.616. The van der Waals surface area contributed by atoms with E-state index in [0.29, 0.717) is 39.2 Å². The first-order chi connectivity index (χ1) is 13.0. The molecule has 136 valence electrons. The Morgan fingerprint density at radius 3 is 2.74 bits per heavy atom. The number of carbonyl (C=O) groups is 1. The molecule has 4 N–H and O–H groups in total. The lowest BCUT2D eigenvalue weighted by molar-refractivity contribution is -0.115. The van der Waals surface area contributed by atoms with Crippen LogP contribution in [0, 0.1) is 0 Å². The molecule has 1 amide bonds. The summed E-state index contributed by atoms with van der Waals surface area (Å²) < 4.78 is 1.58. The lowest BCUT2D eigenvalue weighted by Crippen LogP contribution is -2.31. The maximum absolute atomic E-state index is 12.2. The van der Waals surface area contributed by atoms with Gasteiger partial charge in [0.25, 0.3) is 0 Å². The number of nitrogens with zero attached hydrogens (tertiary/aromatic N) is 3. The van der Waals surface area contributed by atoms with Crippen molar-refractivity contribution >= 4 is 23.5 Å². The van der Waals surface area contributed by atoms with Crippen LogP contribution in [0.5, 0.6) is 5.75 Å². The van der Waals surface area contributed by atoms with E-state index in [1.54, 1.807) is 41.9 Å². The molecule has 3 aromatic rings. The van der Waals surface area contributed by atoms with Crippen molar-refractivity contribution in [1.29, 1.82) is 0 Å². The molecule has 0 bridgehead atoms. The van der Waals surface area contributed by atoms with Crippen LogP contribution >= 0.6 is 11.6 Å². The lowest BCUT2D eigenvalue weighted by atomic mass is 9.95. The van der Waals surface area contributed by atoms with Gasteiger partial charge in [-0.3, -0.25) is 4.79 Å². The number of anilines is 1. The lowest BCUT2D eigenvalue weighted by Gasteiger charge is -2.27. The second-order valence-corrected chi connectivity index (χ2v) is 6.62. The third-order valence-corrected chi connectivity index (χ3v) is 4.75. The number of primary amides is 1. The molecule has 27 heavy (non-hydrogen) atoms. The van der Waals surface area contributed by atoms with Crippen molar-refractivity contribution in [1.82, 2.24) is 14.8 Å². The van der Waals surface area contributed by atoms with E-state index in [1.807, 2.05) is 18.2 Å². The molecule has 8 heteroatoms. The van der Waals surface area contributed by atoms with Gasteiger partial charge in [-0.05, 0) is 36.8 Å². The molecular weight excluding hydrogens is 366 g/mol. The number of hydrogen-bond donors (Lipinski definition) is 3. The molecule has 2 aromatic carbocycles. The Labute approximate surface area is 160 Å². The van der Waals surface area contributed by atoms with Crippen LogP contribution in [0.4, 0.5) is 5.95 Å². The van der Waals surface area contributed by atoms with E-state index in [-0.39, 0.29) is 5.75 Å². The van der Waals surface area contributed by atoms with E-state index in [2.05, 4.69) is 15.4 Å². The molecule has 0 aliphatic carbocycles. The van der Waals surface area contributed by atoms with E-state index in [0.717, 1.165) is 0 Å². The highest BCUT2D eigenvalue weighted by atomic mass is 35.5. The Kier molecular flexibility index (Phi) is 4.08. The summed E-state index contributed by atoms with van der Waals surface area (Å²) in [6.07, 6.45) is 0. The number of halogens is 1. The molecule has 7 nitrogen and oxygen atoms in total. The average molecular weight is 382 g/mol. The van der Waals surface area contributed by atoms with E-state index < -0.39 is 11.9 Å². The smallest absolute Gasteiger partial charge is 0.248 e. The van der Waals surface area contributed by atoms with Gasteiger partial charge in [-0.1, -0.05) is 35.9 Å². The molecule has 1 aliphatic rings. The first-order valence-corrected chi connectivity index (χ1v) is 8.61. The fourth-order valence-electron chi connectivity index (χ4n) is 3.23. The minimum absolute atomic E-state index is 0.0838. The second-order valence-electron chi connectivity index (χ2n) is 6.21. The number of benzene rings is 2. The number of amides is 1. The molecule has 1 aliphatic heterocycles. The van der Waals surface area contributed by atoms with Crippen LogP contribution in [0.1, 0.15) is 18.5 Å². The van der Waals surface area contributed by atoms with Crippen LogP contribution in [0.25, 0.3) is 11.4 Å². The van der Waals surface area contributed by atoms with Crippen molar-refractivity contribution in [3.8, 4) is 17.1 Å². The molecule has 0 spiro atoms. The molecule has 0 radical (unpaired) electrons. The number of rotatable bonds is 3. The van der Waals surface area contributed by atoms with Gasteiger partial charge < -0.3 is 16.2 Å². The van der Waals surface area contributed by atoms with Crippen LogP contribution in [0.3, 0.4) is 0 Å². The van der Waals surface area contributed by atoms with Gasteiger partial charge in [0.2, 0.25) is 11.9 Å². The van der Waals surface area contributed by atoms with Gasteiger partial charge >= 0.3 is 0 Å². The standard InChI is InChI=1S/C19H16ClN5O2/c1-10-15(17(21)27)16(11-5-4-6-12(26)9-11)25-19(22-10)23-18(24-25)13-7-2-3-8-14(13)20/h2-9,16,26H,1H3,(H2,21,27)(H,22,23,24). The summed E-state index contributed by atoms with van der Waals surface area (Å²) in [6, 6.07) is 13.3. The van der Waals surface area contributed by atoms with Gasteiger partial charge in [-0.15, -0.1) is 5.10 Å². The average Bonchev–Trinajstić information content (AvgIpc) is 3.03. The normalized spacial score (nSPS) is 16.0. The zero-order valence-corrected chi connectivity index (χ0v) is 15.1. The molecule has 0 saturated carbocycles. The summed E-state index contributed by atoms with van der Waals surface area (Å²) in [4.78, 5) is 16.7. The van der Waals surface area contributed by atoms with Crippen molar-refractivity contribution in [2.24, 2.45) is 5.73 Å². The second kappa shape index (κ2) is 6.44. The van der Waals surface area contributed by atoms with Crippen molar-refractivity contribution in [3.63, 3.8) is 0 Å². The number of fused-ring (bicyclic) bond motifs is 1. The van der Waals surface area contributed by atoms with Crippen LogP contribution < -0.4 is 11.1 Å². The van der Waals surface area contributed by atoms with E-state index in [4.69, 9.17) is 17.3 Å². The maximum Gasteiger partial charge on any atom is 0.248 e. The van der Waals surface area contributed by atoms with Gasteiger partial charge in [0.15, 0.2) is 5.82 Å². The third kappa shape index (κ3) is 2.92. The van der Waals surface area contributed by atoms with Gasteiger partial charge in [0.05, 0.1) is 10.6 Å². The molecule has 1 atom stereocenters. The number of hydrogen-bond acceptors (Lipinski definition) is 5. The predicted molar refractivity (Wildman–Crippen MR) is 102 cm³/mol. The van der Waals surface area contributed by atoms with E-state index in [1.165, 1.54) is 0 Å². The molecule has 4 rings (SSSR count). The van der Waals surface area contributed by atoms with Crippen LogP contribution in [0.2, 0.25) is 5.02 Å². The topological polar surface area (TPSA) is 106 Å². The number of aromatic hydroxyl groups is 1. The molecule has 1 aromatic heterocycles. The van der Waals surface area contributed by atoms with Gasteiger partial charge in [-0.2, -0.15) is 4.98 Å². The summed E-state index contributed by atoms with van der Waals surface area (Å²) in [5, 5.41) is 18.1. The van der Waals surface area contributed by atoms with Crippen LogP contribution in [-0.2, 0) is 4.79 Å². The van der Waals surface area contributed by atoms with Crippen molar-refractivity contribution in [2.45, 2.75) is 13.0 Å². The van der Waals surface area contributed by atoms with Crippen LogP contribution in [-0.4, -0.2) is 25.8 Å². The van der Waals surface area contributed by atoms with Gasteiger partial charge in [0, 0.05) is 11.3 Å². The predicted octanol–water partition coefficient (Wildman–Crippen LogP) is 3.08. The fraction of sp³-hybridized carbons (Fsp3) is 0.105. The number of phenolic OH excluding ortho intramolecular Hbond substituents is 1. The first kappa shape index (κ1) is 17.1. The summed E-state index contributed by atoms with van der Waals surface area (Å²) in [7, 11) is 0. The number of phenols is 1. The Morgan fingerprint density at radius 2 is 2.04 bits per heavy atom. The van der Waals surface area contributed by atoms with Crippen LogP contribution in [0.15, 0.2) is 59.8 Å². The zero-order chi connectivity index (χ0) is 19.1. The van der Waals surface area contributed by atoms with Gasteiger partial charge in [0.1, 0.15) is 11.8 Å². The SMILES string of the molecule is CC1=C(C(N)=O)C(c2cccc(O)c2)n2nc(-c3ccccc3Cl)nc2N1. The fourth-order valence-corrected chi connectivity index (χ4v) is 3.45. The number of carbonyl (C=O) groups excluding carboxylic acids is 1. The quantitative estimate of drug-likeness (QED) is 0.646. The maximum atomic E-state index is 12.2. The van der Waals surface area contributed by atoms with Crippen molar-refractivity contribution in [2.75, 3.05) is 5.32 Å². The Balaban J connectivity index is 1.91. The molecule has 0 fully saturated rings. The summed E-state index contributed by atoms with van der Waals surface area (Å²) in [6.45, 7) is 1.75. The summed E-state index contributed by atoms with van der Waals surface area (Å²) in [5.41, 5.74) is 7.92. The van der Waals surface area contributed by atoms with Crippen molar-refractivity contribution in [3.05, 3.63) is 70.4 Å². The third-order valence-electron chi connectivity index (χ3n) is 4.42. The Bertz CT molecular complexity index is 1090. The number of nitrogens with two attached hydrogens (primary N) is 1. The Hall–Kier alpha value is -3.32. The van der Waals surface area contributed by atoms with Crippen molar-refractivity contribution < 1.29 is 9.90 Å². The minimum Gasteiger partial charge on any atom is -0.508 e. The number of allylic oxidation sites excluding steroid dienone is 1. The molecule has 0 saturated heterocycles. The van der Waals surface area contributed by atoms with Gasteiger partial charge in [-0.25, -0.2) is 4.68 Å². The highest BCUT2D eigenvalue weighted by Gasteiger charge is 2.33. The molecular formula is C19H16ClN5O2. The van der Waals surface area contributed by atoms with E-state index in [9.17, 15) is 9.90 Å². The highest BCUT2D eigenvalue weighted by molar-refractivity contribution is 6.33. The monoisotopic (exact) mass is 381 g/mol.